The predicted octanol–water partition coefficient (Wildman–Crippen LogP) is 3.84. The third-order valence-electron chi connectivity index (χ3n) is 4.14. The van der Waals surface area contributed by atoms with Crippen LogP contribution in [0.2, 0.25) is 0 Å². The molecule has 8 heteroatoms. The van der Waals surface area contributed by atoms with E-state index in [4.69, 9.17) is 0 Å². The molecular weight excluding hydrogens is 352 g/mol. The third-order valence-corrected chi connectivity index (χ3v) is 4.14. The standard InChI is InChI=1S/C18H14F4N2O2/c19-12-3-5-13(6-4-12)23-16(25)15-9-10-24(17(15)26)14-7-1-11(2-8-14)18(20,21)22/h1-8,15H,9-10H2,(H,23,25)/t15-/m1/s1. The zero-order valence-corrected chi connectivity index (χ0v) is 13.4. The minimum atomic E-state index is -4.45. The number of carbonyl (C=O) groups excluding carboxylic acids is 2. The van der Waals surface area contributed by atoms with Crippen molar-refractivity contribution in [1.29, 1.82) is 0 Å². The molecule has 2 aromatic rings. The van der Waals surface area contributed by atoms with Gasteiger partial charge in [-0.05, 0) is 55.0 Å². The number of hydrogen-bond donors (Lipinski definition) is 1. The van der Waals surface area contributed by atoms with E-state index in [0.29, 0.717) is 11.4 Å². The summed E-state index contributed by atoms with van der Waals surface area (Å²) in [5.41, 5.74) is -0.143. The second-order valence-corrected chi connectivity index (χ2v) is 5.87. The van der Waals surface area contributed by atoms with Crippen LogP contribution in [0.15, 0.2) is 48.5 Å². The molecule has 136 valence electrons. The van der Waals surface area contributed by atoms with Gasteiger partial charge in [0.1, 0.15) is 11.7 Å². The Balaban J connectivity index is 1.69. The Morgan fingerprint density at radius 1 is 1.04 bits per heavy atom. The highest BCUT2D eigenvalue weighted by atomic mass is 19.4. The maximum Gasteiger partial charge on any atom is 0.416 e. The SMILES string of the molecule is O=C(Nc1ccc(F)cc1)[C@H]1CCN(c2ccc(C(F)(F)F)cc2)C1=O. The van der Waals surface area contributed by atoms with Crippen LogP contribution in [0.5, 0.6) is 0 Å². The van der Waals surface area contributed by atoms with Crippen LogP contribution >= 0.6 is 0 Å². The minimum absolute atomic E-state index is 0.228. The van der Waals surface area contributed by atoms with Crippen molar-refractivity contribution in [2.45, 2.75) is 12.6 Å². The van der Waals surface area contributed by atoms with E-state index in [-0.39, 0.29) is 13.0 Å². The molecule has 2 aromatic carbocycles. The van der Waals surface area contributed by atoms with Gasteiger partial charge < -0.3 is 10.2 Å². The van der Waals surface area contributed by atoms with Crippen molar-refractivity contribution in [1.82, 2.24) is 0 Å². The molecule has 1 atom stereocenters. The van der Waals surface area contributed by atoms with Crippen molar-refractivity contribution in [2.24, 2.45) is 5.92 Å². The highest BCUT2D eigenvalue weighted by Gasteiger charge is 2.38. The van der Waals surface area contributed by atoms with Gasteiger partial charge in [-0.15, -0.1) is 0 Å². The number of nitrogens with zero attached hydrogens (tertiary/aromatic N) is 1. The van der Waals surface area contributed by atoms with E-state index in [1.54, 1.807) is 0 Å². The molecule has 26 heavy (non-hydrogen) atoms. The molecule has 0 aromatic heterocycles. The summed E-state index contributed by atoms with van der Waals surface area (Å²) in [5.74, 6) is -2.41. The van der Waals surface area contributed by atoms with Gasteiger partial charge in [0.25, 0.3) is 0 Å². The fourth-order valence-corrected chi connectivity index (χ4v) is 2.77. The van der Waals surface area contributed by atoms with Crippen LogP contribution in [0.3, 0.4) is 0 Å². The number of rotatable bonds is 3. The van der Waals surface area contributed by atoms with Gasteiger partial charge in [-0.25, -0.2) is 4.39 Å². The fourth-order valence-electron chi connectivity index (χ4n) is 2.77. The second-order valence-electron chi connectivity index (χ2n) is 5.87. The molecule has 0 saturated carbocycles. The van der Waals surface area contributed by atoms with Crippen molar-refractivity contribution in [3.8, 4) is 0 Å². The molecular formula is C18H14F4N2O2. The average molecular weight is 366 g/mol. The Bertz CT molecular complexity index is 817. The molecule has 0 aliphatic carbocycles. The predicted molar refractivity (Wildman–Crippen MR) is 86.9 cm³/mol. The molecule has 0 spiro atoms. The first-order chi connectivity index (χ1) is 12.3. The number of carbonyl (C=O) groups is 2. The van der Waals surface area contributed by atoms with E-state index in [1.807, 2.05) is 0 Å². The summed E-state index contributed by atoms with van der Waals surface area (Å²) in [6.07, 6.45) is -4.21. The largest absolute Gasteiger partial charge is 0.416 e. The summed E-state index contributed by atoms with van der Waals surface area (Å²) in [6, 6.07) is 9.33. The molecule has 1 heterocycles. The van der Waals surface area contributed by atoms with Gasteiger partial charge in [-0.3, -0.25) is 9.59 Å². The Kier molecular flexibility index (Phi) is 4.67. The van der Waals surface area contributed by atoms with Gasteiger partial charge in [-0.1, -0.05) is 0 Å². The van der Waals surface area contributed by atoms with Gasteiger partial charge in [-0.2, -0.15) is 13.2 Å². The number of alkyl halides is 3. The lowest BCUT2D eigenvalue weighted by Gasteiger charge is -2.17. The Labute approximate surface area is 146 Å². The van der Waals surface area contributed by atoms with E-state index in [0.717, 1.165) is 12.1 Å². The fraction of sp³-hybridized carbons (Fsp3) is 0.222. The van der Waals surface area contributed by atoms with Crippen molar-refractivity contribution >= 4 is 23.2 Å². The molecule has 3 rings (SSSR count). The zero-order valence-electron chi connectivity index (χ0n) is 13.4. The molecule has 0 radical (unpaired) electrons. The molecule has 4 nitrogen and oxygen atoms in total. The summed E-state index contributed by atoms with van der Waals surface area (Å²) in [6.45, 7) is 0.228. The topological polar surface area (TPSA) is 49.4 Å². The van der Waals surface area contributed by atoms with Crippen LogP contribution in [0.4, 0.5) is 28.9 Å². The molecule has 1 aliphatic heterocycles. The van der Waals surface area contributed by atoms with Crippen LogP contribution < -0.4 is 10.2 Å². The van der Waals surface area contributed by atoms with E-state index in [1.165, 1.54) is 41.3 Å². The van der Waals surface area contributed by atoms with Crippen molar-refractivity contribution in [3.05, 3.63) is 59.9 Å². The molecule has 1 fully saturated rings. The smallest absolute Gasteiger partial charge is 0.325 e. The average Bonchev–Trinajstić information content (AvgIpc) is 2.98. The van der Waals surface area contributed by atoms with E-state index >= 15 is 0 Å². The van der Waals surface area contributed by atoms with Crippen LogP contribution in [0.1, 0.15) is 12.0 Å². The van der Waals surface area contributed by atoms with Gasteiger partial charge in [0.2, 0.25) is 11.8 Å². The van der Waals surface area contributed by atoms with Gasteiger partial charge >= 0.3 is 6.18 Å². The van der Waals surface area contributed by atoms with Gasteiger partial charge in [0, 0.05) is 17.9 Å². The number of nitrogens with one attached hydrogen (secondary N) is 1. The molecule has 1 aliphatic rings. The lowest BCUT2D eigenvalue weighted by Crippen LogP contribution is -2.33. The first-order valence-electron chi connectivity index (χ1n) is 7.81. The van der Waals surface area contributed by atoms with Crippen molar-refractivity contribution in [3.63, 3.8) is 0 Å². The molecule has 0 bridgehead atoms. The van der Waals surface area contributed by atoms with Crippen molar-refractivity contribution < 1.29 is 27.2 Å². The Morgan fingerprint density at radius 3 is 2.23 bits per heavy atom. The van der Waals surface area contributed by atoms with E-state index in [2.05, 4.69) is 5.32 Å². The van der Waals surface area contributed by atoms with Gasteiger partial charge in [0.15, 0.2) is 0 Å². The lowest BCUT2D eigenvalue weighted by molar-refractivity contribution is -0.137. The van der Waals surface area contributed by atoms with Crippen LogP contribution in [-0.2, 0) is 15.8 Å². The van der Waals surface area contributed by atoms with Crippen LogP contribution in [-0.4, -0.2) is 18.4 Å². The maximum absolute atomic E-state index is 12.9. The summed E-state index contributed by atoms with van der Waals surface area (Å²) in [4.78, 5) is 26.0. The van der Waals surface area contributed by atoms with Crippen molar-refractivity contribution in [2.75, 3.05) is 16.8 Å². The second kappa shape index (κ2) is 6.78. The summed E-state index contributed by atoms with van der Waals surface area (Å²) < 4.78 is 50.7. The lowest BCUT2D eigenvalue weighted by atomic mass is 10.1. The number of anilines is 2. The Hall–Kier alpha value is -2.90. The molecule has 1 N–H and O–H groups in total. The summed E-state index contributed by atoms with van der Waals surface area (Å²) in [7, 11) is 0. The van der Waals surface area contributed by atoms with Gasteiger partial charge in [0.05, 0.1) is 5.56 Å². The maximum atomic E-state index is 12.9. The highest BCUT2D eigenvalue weighted by molar-refractivity contribution is 6.13. The molecule has 0 unspecified atom stereocenters. The minimum Gasteiger partial charge on any atom is -0.325 e. The van der Waals surface area contributed by atoms with Crippen LogP contribution in [0, 0.1) is 11.7 Å². The highest BCUT2D eigenvalue weighted by Crippen LogP contribution is 2.32. The normalized spacial score (nSPS) is 17.5. The first kappa shape index (κ1) is 17.9. The monoisotopic (exact) mass is 366 g/mol. The number of hydrogen-bond acceptors (Lipinski definition) is 2. The number of amides is 2. The number of halogens is 4. The summed E-state index contributed by atoms with van der Waals surface area (Å²) >= 11 is 0. The third kappa shape index (κ3) is 3.68. The number of benzene rings is 2. The molecule has 1 saturated heterocycles. The van der Waals surface area contributed by atoms with E-state index < -0.39 is 35.3 Å². The first-order valence-corrected chi connectivity index (χ1v) is 7.81. The van der Waals surface area contributed by atoms with E-state index in [9.17, 15) is 27.2 Å². The molecule has 2 amide bonds. The van der Waals surface area contributed by atoms with Crippen LogP contribution in [0.25, 0.3) is 0 Å². The summed E-state index contributed by atoms with van der Waals surface area (Å²) in [5, 5.41) is 2.54. The quantitative estimate of drug-likeness (QED) is 0.663. The zero-order chi connectivity index (χ0) is 18.9. The Morgan fingerprint density at radius 2 is 1.65 bits per heavy atom.